The summed E-state index contributed by atoms with van der Waals surface area (Å²) in [4.78, 5) is -4.41. The van der Waals surface area contributed by atoms with Gasteiger partial charge in [0.25, 0.3) is 30.4 Å². The summed E-state index contributed by atoms with van der Waals surface area (Å²) in [5, 5.41) is 0. The molecule has 0 radical (unpaired) electrons. The summed E-state index contributed by atoms with van der Waals surface area (Å²) >= 11 is 0. The van der Waals surface area contributed by atoms with E-state index in [1.54, 1.807) is 24.3 Å². The smallest absolute Gasteiger partial charge is 0.282 e. The zero-order valence-electron chi connectivity index (χ0n) is 14.9. The average molecular weight is 471 g/mol. The summed E-state index contributed by atoms with van der Waals surface area (Å²) in [7, 11) is -16.3. The minimum atomic E-state index is -5.54. The molecule has 0 fully saturated rings. The molecule has 0 amide bonds. The fourth-order valence-electron chi connectivity index (χ4n) is 3.04. The van der Waals surface area contributed by atoms with Crippen molar-refractivity contribution in [3.8, 4) is 22.3 Å². The van der Waals surface area contributed by atoms with Crippen molar-refractivity contribution in [3.05, 3.63) is 66.7 Å². The van der Waals surface area contributed by atoms with Crippen LogP contribution in [0.5, 0.6) is 0 Å². The Hall–Kier alpha value is -2.61. The standard InChI is InChI=1S/C18H14O9S3/c19-28(20,21)15-11-14(12-7-3-1-4-8-12)16(13-9-5-2-6-10-13)18(30(25,26)27)17(15)29(22,23)24/h1-11H,(H,19,20,21)(H,22,23,24)(H,25,26,27). The van der Waals surface area contributed by atoms with E-state index in [1.165, 1.54) is 36.4 Å². The molecule has 0 aliphatic carbocycles. The molecule has 0 aliphatic rings. The molecule has 0 aromatic heterocycles. The SMILES string of the molecule is O=S(=O)(O)c1cc(-c2ccccc2)c(-c2ccccc2)c(S(=O)(=O)O)c1S(=O)(=O)O. The predicted molar refractivity (Wildman–Crippen MR) is 107 cm³/mol. The van der Waals surface area contributed by atoms with Crippen molar-refractivity contribution in [1.82, 2.24) is 0 Å². The van der Waals surface area contributed by atoms with Crippen LogP contribution in [0.15, 0.2) is 81.4 Å². The van der Waals surface area contributed by atoms with Crippen LogP contribution >= 0.6 is 0 Å². The Labute approximate surface area is 172 Å². The van der Waals surface area contributed by atoms with Gasteiger partial charge in [0.05, 0.1) is 0 Å². The molecular weight excluding hydrogens is 456 g/mol. The monoisotopic (exact) mass is 470 g/mol. The van der Waals surface area contributed by atoms with Gasteiger partial charge in [-0.25, -0.2) is 0 Å². The number of benzene rings is 3. The van der Waals surface area contributed by atoms with E-state index in [0.29, 0.717) is 0 Å². The van der Waals surface area contributed by atoms with Crippen molar-refractivity contribution < 1.29 is 38.9 Å². The zero-order chi connectivity index (χ0) is 22.3. The minimum Gasteiger partial charge on any atom is -0.282 e. The Morgan fingerprint density at radius 2 is 0.967 bits per heavy atom. The summed E-state index contributed by atoms with van der Waals surface area (Å²) in [5.41, 5.74) is -0.123. The first-order valence-electron chi connectivity index (χ1n) is 8.06. The van der Waals surface area contributed by atoms with Crippen LogP contribution in [0.25, 0.3) is 22.3 Å². The topological polar surface area (TPSA) is 163 Å². The Kier molecular flexibility index (Phi) is 5.58. The highest BCUT2D eigenvalue weighted by molar-refractivity contribution is 7.90. The highest BCUT2D eigenvalue weighted by Gasteiger charge is 2.37. The zero-order valence-corrected chi connectivity index (χ0v) is 17.3. The third-order valence-electron chi connectivity index (χ3n) is 4.14. The molecule has 0 atom stereocenters. The van der Waals surface area contributed by atoms with Crippen LogP contribution in [0.2, 0.25) is 0 Å². The molecule has 0 saturated carbocycles. The van der Waals surface area contributed by atoms with Crippen molar-refractivity contribution in [3.63, 3.8) is 0 Å². The highest BCUT2D eigenvalue weighted by atomic mass is 32.2. The summed E-state index contributed by atoms with van der Waals surface area (Å²) in [6.45, 7) is 0. The molecule has 30 heavy (non-hydrogen) atoms. The summed E-state index contributed by atoms with van der Waals surface area (Å²) in [6.07, 6.45) is 0. The van der Waals surface area contributed by atoms with Gasteiger partial charge in [0.15, 0.2) is 0 Å². The third kappa shape index (κ3) is 4.28. The fraction of sp³-hybridized carbons (Fsp3) is 0. The van der Waals surface area contributed by atoms with E-state index in [-0.39, 0.29) is 22.3 Å². The van der Waals surface area contributed by atoms with E-state index in [0.717, 1.165) is 6.07 Å². The van der Waals surface area contributed by atoms with Crippen LogP contribution in [-0.4, -0.2) is 38.9 Å². The minimum absolute atomic E-state index is 0.107. The van der Waals surface area contributed by atoms with Crippen LogP contribution in [-0.2, 0) is 30.4 Å². The van der Waals surface area contributed by atoms with Crippen molar-refractivity contribution in [1.29, 1.82) is 0 Å². The third-order valence-corrected chi connectivity index (χ3v) is 7.14. The predicted octanol–water partition coefficient (Wildman–Crippen LogP) is 2.76. The van der Waals surface area contributed by atoms with Crippen molar-refractivity contribution in [2.75, 3.05) is 0 Å². The second-order valence-electron chi connectivity index (χ2n) is 6.11. The van der Waals surface area contributed by atoms with Gasteiger partial charge in [0.2, 0.25) is 0 Å². The van der Waals surface area contributed by atoms with Gasteiger partial charge >= 0.3 is 0 Å². The molecule has 3 aromatic rings. The molecule has 0 bridgehead atoms. The summed E-state index contributed by atoms with van der Waals surface area (Å²) in [6, 6.07) is 15.8. The summed E-state index contributed by atoms with van der Waals surface area (Å²) < 4.78 is 101. The maximum Gasteiger partial charge on any atom is 0.297 e. The largest absolute Gasteiger partial charge is 0.297 e. The van der Waals surface area contributed by atoms with Crippen molar-refractivity contribution in [2.45, 2.75) is 14.7 Å². The quantitative estimate of drug-likeness (QED) is 0.476. The van der Waals surface area contributed by atoms with Crippen LogP contribution in [0.1, 0.15) is 0 Å². The van der Waals surface area contributed by atoms with Gasteiger partial charge in [0.1, 0.15) is 14.7 Å². The van der Waals surface area contributed by atoms with Crippen LogP contribution in [0, 0.1) is 0 Å². The van der Waals surface area contributed by atoms with Crippen molar-refractivity contribution in [2.24, 2.45) is 0 Å². The van der Waals surface area contributed by atoms with E-state index >= 15 is 0 Å². The average Bonchev–Trinajstić information content (AvgIpc) is 2.65. The van der Waals surface area contributed by atoms with Gasteiger partial charge in [-0.1, -0.05) is 60.7 Å². The normalized spacial score (nSPS) is 12.6. The molecule has 0 aliphatic heterocycles. The van der Waals surface area contributed by atoms with Crippen LogP contribution in [0.4, 0.5) is 0 Å². The van der Waals surface area contributed by atoms with Gasteiger partial charge in [0, 0.05) is 5.56 Å². The van der Waals surface area contributed by atoms with Gasteiger partial charge in [-0.3, -0.25) is 13.7 Å². The Morgan fingerprint density at radius 1 is 0.533 bits per heavy atom. The first kappa shape index (κ1) is 22.1. The molecule has 9 nitrogen and oxygen atoms in total. The van der Waals surface area contributed by atoms with Gasteiger partial charge < -0.3 is 0 Å². The van der Waals surface area contributed by atoms with E-state index in [9.17, 15) is 38.9 Å². The molecule has 0 saturated heterocycles. The first-order valence-corrected chi connectivity index (χ1v) is 12.4. The molecule has 3 aromatic carbocycles. The molecule has 12 heteroatoms. The Bertz CT molecular complexity index is 1430. The van der Waals surface area contributed by atoms with Gasteiger partial charge in [-0.05, 0) is 22.8 Å². The molecular formula is C18H14O9S3. The number of hydrogen-bond donors (Lipinski definition) is 3. The molecule has 0 spiro atoms. The number of rotatable bonds is 5. The maximum atomic E-state index is 12.3. The highest BCUT2D eigenvalue weighted by Crippen LogP contribution is 2.43. The van der Waals surface area contributed by atoms with Crippen LogP contribution < -0.4 is 0 Å². The molecule has 0 unspecified atom stereocenters. The second kappa shape index (κ2) is 7.58. The lowest BCUT2D eigenvalue weighted by atomic mass is 9.94. The van der Waals surface area contributed by atoms with E-state index < -0.39 is 45.0 Å². The fourth-order valence-corrected chi connectivity index (χ4v) is 6.45. The van der Waals surface area contributed by atoms with Crippen LogP contribution in [0.3, 0.4) is 0 Å². The lowest BCUT2D eigenvalue weighted by Gasteiger charge is -2.19. The van der Waals surface area contributed by atoms with E-state index in [1.807, 2.05) is 0 Å². The molecule has 3 rings (SSSR count). The molecule has 158 valence electrons. The first-order chi connectivity index (χ1) is 13.8. The summed E-state index contributed by atoms with van der Waals surface area (Å²) in [5.74, 6) is 0. The molecule has 3 N–H and O–H groups in total. The lowest BCUT2D eigenvalue weighted by molar-refractivity contribution is 0.456. The Balaban J connectivity index is 2.74. The Morgan fingerprint density at radius 3 is 1.37 bits per heavy atom. The van der Waals surface area contributed by atoms with E-state index in [4.69, 9.17) is 0 Å². The lowest BCUT2D eigenvalue weighted by Crippen LogP contribution is -2.16. The van der Waals surface area contributed by atoms with Gasteiger partial charge in [-0.15, -0.1) is 0 Å². The van der Waals surface area contributed by atoms with E-state index in [2.05, 4.69) is 0 Å². The second-order valence-corrected chi connectivity index (χ2v) is 10.2. The molecule has 0 heterocycles. The van der Waals surface area contributed by atoms with Gasteiger partial charge in [-0.2, -0.15) is 25.3 Å². The van der Waals surface area contributed by atoms with Crippen molar-refractivity contribution >= 4 is 30.4 Å². The number of hydrogen-bond acceptors (Lipinski definition) is 6. The maximum absolute atomic E-state index is 12.3.